The molecule has 0 amide bonds. The molecule has 0 aliphatic carbocycles. The van der Waals surface area contributed by atoms with E-state index in [1.165, 1.54) is 7.11 Å². The fourth-order valence-electron chi connectivity index (χ4n) is 1.24. The normalized spacial score (nSPS) is 12.6. The molecule has 0 bridgehead atoms. The lowest BCUT2D eigenvalue weighted by Crippen LogP contribution is -2.05. The molecular weight excluding hydrogens is 204 g/mol. The maximum absolute atomic E-state index is 9.70. The zero-order valence-electron chi connectivity index (χ0n) is 8.12. The second kappa shape index (κ2) is 4.53. The van der Waals surface area contributed by atoms with Crippen LogP contribution in [0.15, 0.2) is 12.1 Å². The second-order valence-electron chi connectivity index (χ2n) is 3.13. The minimum absolute atomic E-state index is 0.000833. The molecule has 1 aromatic rings. The van der Waals surface area contributed by atoms with Gasteiger partial charge in [0.2, 0.25) is 0 Å². The number of aliphatic hydroxyl groups is 1. The van der Waals surface area contributed by atoms with Gasteiger partial charge in [-0.15, -0.1) is 0 Å². The fraction of sp³-hybridized carbons (Fsp3) is 0.400. The molecule has 0 radical (unpaired) electrons. The summed E-state index contributed by atoms with van der Waals surface area (Å²) in [5.74, 6) is 0.367. The van der Waals surface area contributed by atoms with E-state index in [1.807, 2.05) is 0 Å². The van der Waals surface area contributed by atoms with E-state index in [1.54, 1.807) is 19.1 Å². The first kappa shape index (κ1) is 11.1. The predicted molar refractivity (Wildman–Crippen MR) is 55.1 cm³/mol. The van der Waals surface area contributed by atoms with Crippen molar-refractivity contribution in [3.63, 3.8) is 0 Å². The van der Waals surface area contributed by atoms with E-state index in [-0.39, 0.29) is 5.75 Å². The monoisotopic (exact) mass is 216 g/mol. The topological polar surface area (TPSA) is 49.7 Å². The number of hydrogen-bond acceptors (Lipinski definition) is 3. The van der Waals surface area contributed by atoms with Gasteiger partial charge in [-0.05, 0) is 19.1 Å². The molecule has 1 rings (SSSR count). The zero-order chi connectivity index (χ0) is 10.7. The van der Waals surface area contributed by atoms with Gasteiger partial charge in [-0.1, -0.05) is 11.6 Å². The van der Waals surface area contributed by atoms with Crippen molar-refractivity contribution in [2.24, 2.45) is 0 Å². The Morgan fingerprint density at radius 2 is 2.14 bits per heavy atom. The molecule has 4 heteroatoms. The smallest absolute Gasteiger partial charge is 0.162 e. The Morgan fingerprint density at radius 3 is 2.64 bits per heavy atom. The number of aromatic hydroxyl groups is 1. The number of phenolic OH excluding ortho intramolecular Hbond substituents is 1. The van der Waals surface area contributed by atoms with Crippen molar-refractivity contribution in [1.29, 1.82) is 0 Å². The first-order valence-corrected chi connectivity index (χ1v) is 4.66. The van der Waals surface area contributed by atoms with E-state index >= 15 is 0 Å². The lowest BCUT2D eigenvalue weighted by atomic mass is 10.1. The zero-order valence-corrected chi connectivity index (χ0v) is 8.88. The largest absolute Gasteiger partial charge is 0.504 e. The van der Waals surface area contributed by atoms with Gasteiger partial charge in [0.25, 0.3) is 0 Å². The molecule has 0 saturated heterocycles. The quantitative estimate of drug-likeness (QED) is 0.813. The Balaban J connectivity index is 3.11. The van der Waals surface area contributed by atoms with Gasteiger partial charge in [-0.3, -0.25) is 0 Å². The van der Waals surface area contributed by atoms with Crippen molar-refractivity contribution in [2.45, 2.75) is 19.4 Å². The fourth-order valence-corrected chi connectivity index (χ4v) is 1.47. The van der Waals surface area contributed by atoms with Crippen LogP contribution in [-0.4, -0.2) is 23.4 Å². The van der Waals surface area contributed by atoms with E-state index in [2.05, 4.69) is 0 Å². The Labute approximate surface area is 87.9 Å². The van der Waals surface area contributed by atoms with Crippen molar-refractivity contribution in [2.75, 3.05) is 7.11 Å². The average Bonchev–Trinajstić information content (AvgIpc) is 2.12. The molecule has 0 spiro atoms. The van der Waals surface area contributed by atoms with Crippen molar-refractivity contribution < 1.29 is 14.9 Å². The third kappa shape index (κ3) is 2.30. The van der Waals surface area contributed by atoms with Gasteiger partial charge in [0.05, 0.1) is 13.2 Å². The van der Waals surface area contributed by atoms with E-state index in [0.717, 1.165) is 0 Å². The van der Waals surface area contributed by atoms with Crippen LogP contribution in [0, 0.1) is 0 Å². The molecular formula is C10H13ClO3. The van der Waals surface area contributed by atoms with Gasteiger partial charge in [-0.2, -0.15) is 0 Å². The summed E-state index contributed by atoms with van der Waals surface area (Å²) in [6.45, 7) is 1.63. The van der Waals surface area contributed by atoms with Crippen molar-refractivity contribution in [1.82, 2.24) is 0 Å². The summed E-state index contributed by atoms with van der Waals surface area (Å²) in [6.07, 6.45) is -0.243. The Kier molecular flexibility index (Phi) is 3.61. The molecule has 1 unspecified atom stereocenters. The van der Waals surface area contributed by atoms with Crippen LogP contribution in [0.4, 0.5) is 0 Å². The lowest BCUT2D eigenvalue weighted by Gasteiger charge is -2.11. The first-order chi connectivity index (χ1) is 6.56. The van der Waals surface area contributed by atoms with E-state index in [0.29, 0.717) is 22.8 Å². The number of ether oxygens (including phenoxy) is 1. The van der Waals surface area contributed by atoms with Crippen molar-refractivity contribution >= 4 is 11.6 Å². The summed E-state index contributed by atoms with van der Waals surface area (Å²) in [5, 5.41) is 19.3. The standard InChI is InChI=1S/C10H13ClO3/c1-6(12)5-7-8(11)3-4-9(14-2)10(7)13/h3-4,6,12-13H,5H2,1-2H3. The number of methoxy groups -OCH3 is 1. The average molecular weight is 217 g/mol. The van der Waals surface area contributed by atoms with E-state index in [4.69, 9.17) is 16.3 Å². The van der Waals surface area contributed by atoms with Gasteiger partial charge in [0, 0.05) is 17.0 Å². The van der Waals surface area contributed by atoms with Crippen LogP contribution in [-0.2, 0) is 6.42 Å². The first-order valence-electron chi connectivity index (χ1n) is 4.28. The second-order valence-corrected chi connectivity index (χ2v) is 3.54. The number of rotatable bonds is 3. The molecule has 0 aliphatic heterocycles. The highest BCUT2D eigenvalue weighted by atomic mass is 35.5. The van der Waals surface area contributed by atoms with Crippen LogP contribution < -0.4 is 4.74 Å². The van der Waals surface area contributed by atoms with Gasteiger partial charge in [-0.25, -0.2) is 0 Å². The number of benzene rings is 1. The van der Waals surface area contributed by atoms with Crippen molar-refractivity contribution in [3.8, 4) is 11.5 Å². The van der Waals surface area contributed by atoms with E-state index < -0.39 is 6.10 Å². The highest BCUT2D eigenvalue weighted by molar-refractivity contribution is 6.31. The molecule has 0 saturated carbocycles. The molecule has 1 atom stereocenters. The number of aliphatic hydroxyl groups excluding tert-OH is 1. The summed E-state index contributed by atoms with van der Waals surface area (Å²) in [6, 6.07) is 3.22. The highest BCUT2D eigenvalue weighted by Gasteiger charge is 2.13. The van der Waals surface area contributed by atoms with Crippen LogP contribution in [0.3, 0.4) is 0 Å². The van der Waals surface area contributed by atoms with Gasteiger partial charge < -0.3 is 14.9 Å². The van der Waals surface area contributed by atoms with Crippen LogP contribution in [0.1, 0.15) is 12.5 Å². The molecule has 0 aliphatic rings. The minimum atomic E-state index is -0.550. The number of halogens is 1. The summed E-state index contributed by atoms with van der Waals surface area (Å²) in [7, 11) is 1.47. The maximum Gasteiger partial charge on any atom is 0.162 e. The van der Waals surface area contributed by atoms with Crippen LogP contribution in [0.2, 0.25) is 5.02 Å². The summed E-state index contributed by atoms with van der Waals surface area (Å²) < 4.78 is 4.93. The summed E-state index contributed by atoms with van der Waals surface area (Å²) >= 11 is 5.88. The summed E-state index contributed by atoms with van der Waals surface area (Å²) in [5.41, 5.74) is 0.515. The van der Waals surface area contributed by atoms with Crippen LogP contribution in [0.5, 0.6) is 11.5 Å². The maximum atomic E-state index is 9.70. The molecule has 14 heavy (non-hydrogen) atoms. The molecule has 0 heterocycles. The molecule has 0 aromatic heterocycles. The number of hydrogen-bond donors (Lipinski definition) is 2. The van der Waals surface area contributed by atoms with Gasteiger partial charge >= 0.3 is 0 Å². The lowest BCUT2D eigenvalue weighted by molar-refractivity contribution is 0.194. The van der Waals surface area contributed by atoms with Crippen LogP contribution in [0.25, 0.3) is 0 Å². The van der Waals surface area contributed by atoms with E-state index in [9.17, 15) is 10.2 Å². The Hall–Kier alpha value is -0.930. The molecule has 2 N–H and O–H groups in total. The van der Waals surface area contributed by atoms with Gasteiger partial charge in [0.15, 0.2) is 11.5 Å². The number of phenols is 1. The molecule has 78 valence electrons. The van der Waals surface area contributed by atoms with Crippen LogP contribution >= 0.6 is 11.6 Å². The Bertz CT molecular complexity index is 323. The van der Waals surface area contributed by atoms with Crippen molar-refractivity contribution in [3.05, 3.63) is 22.7 Å². The molecule has 3 nitrogen and oxygen atoms in total. The Morgan fingerprint density at radius 1 is 1.50 bits per heavy atom. The minimum Gasteiger partial charge on any atom is -0.504 e. The summed E-state index contributed by atoms with van der Waals surface area (Å²) in [4.78, 5) is 0. The van der Waals surface area contributed by atoms with Gasteiger partial charge in [0.1, 0.15) is 0 Å². The SMILES string of the molecule is COc1ccc(Cl)c(CC(C)O)c1O. The molecule has 0 fully saturated rings. The third-order valence-corrected chi connectivity index (χ3v) is 2.26. The third-order valence-electron chi connectivity index (χ3n) is 1.91. The molecule has 1 aromatic carbocycles. The predicted octanol–water partition coefficient (Wildman–Crippen LogP) is 1.98. The highest BCUT2D eigenvalue weighted by Crippen LogP contribution is 2.35.